The molecule has 0 aromatic carbocycles. The molecular formula is C7H7F2NO2. The van der Waals surface area contributed by atoms with E-state index in [4.69, 9.17) is 10.8 Å². The van der Waals surface area contributed by atoms with Crippen LogP contribution in [-0.2, 0) is 4.79 Å². The van der Waals surface area contributed by atoms with Gasteiger partial charge in [0.1, 0.15) is 5.83 Å². The number of alkyl halides is 1. The van der Waals surface area contributed by atoms with Crippen LogP contribution in [0.3, 0.4) is 0 Å². The molecule has 0 radical (unpaired) electrons. The third-order valence-corrected chi connectivity index (χ3v) is 1.62. The molecule has 0 saturated carbocycles. The summed E-state index contributed by atoms with van der Waals surface area (Å²) in [5, 5.41) is 8.39. The minimum Gasteiger partial charge on any atom is -0.479 e. The fourth-order valence-corrected chi connectivity index (χ4v) is 0.885. The molecule has 0 fully saturated rings. The minimum atomic E-state index is -2.82. The molecule has 0 saturated heterocycles. The summed E-state index contributed by atoms with van der Waals surface area (Å²) in [7, 11) is 0. The number of carboxylic acids is 1. The molecule has 2 unspecified atom stereocenters. The van der Waals surface area contributed by atoms with E-state index in [0.29, 0.717) is 6.08 Å². The first-order chi connectivity index (χ1) is 5.47. The lowest BCUT2D eigenvalue weighted by Crippen LogP contribution is -2.49. The van der Waals surface area contributed by atoms with Crippen molar-refractivity contribution in [3.05, 3.63) is 24.1 Å². The van der Waals surface area contributed by atoms with E-state index in [1.807, 2.05) is 0 Å². The highest BCUT2D eigenvalue weighted by Crippen LogP contribution is 2.25. The quantitative estimate of drug-likeness (QED) is 0.611. The van der Waals surface area contributed by atoms with Crippen LogP contribution in [-0.4, -0.2) is 22.8 Å². The predicted molar refractivity (Wildman–Crippen MR) is 37.8 cm³/mol. The van der Waals surface area contributed by atoms with E-state index in [0.717, 1.165) is 12.2 Å². The van der Waals surface area contributed by atoms with Crippen molar-refractivity contribution in [1.82, 2.24) is 0 Å². The van der Waals surface area contributed by atoms with Gasteiger partial charge < -0.3 is 10.8 Å². The molecule has 1 aliphatic rings. The lowest BCUT2D eigenvalue weighted by molar-refractivity contribution is -0.148. The van der Waals surface area contributed by atoms with Crippen molar-refractivity contribution in [2.45, 2.75) is 11.7 Å². The van der Waals surface area contributed by atoms with E-state index in [1.54, 1.807) is 0 Å². The van der Waals surface area contributed by atoms with Crippen LogP contribution < -0.4 is 5.73 Å². The van der Waals surface area contributed by atoms with Crippen molar-refractivity contribution in [3.63, 3.8) is 0 Å². The van der Waals surface area contributed by atoms with Gasteiger partial charge in [0, 0.05) is 6.08 Å². The Morgan fingerprint density at radius 1 is 1.75 bits per heavy atom. The van der Waals surface area contributed by atoms with Crippen molar-refractivity contribution < 1.29 is 18.7 Å². The summed E-state index contributed by atoms with van der Waals surface area (Å²) in [6.07, 6.45) is 2.27. The van der Waals surface area contributed by atoms with Crippen molar-refractivity contribution in [2.24, 2.45) is 5.73 Å². The van der Waals surface area contributed by atoms with Gasteiger partial charge in [0.2, 0.25) is 5.67 Å². The molecule has 1 aliphatic carbocycles. The first-order valence-corrected chi connectivity index (χ1v) is 3.21. The van der Waals surface area contributed by atoms with E-state index >= 15 is 0 Å². The van der Waals surface area contributed by atoms with E-state index < -0.39 is 23.5 Å². The number of rotatable bonds is 1. The van der Waals surface area contributed by atoms with Crippen LogP contribution >= 0.6 is 0 Å². The number of hydrogen-bond donors (Lipinski definition) is 2. The van der Waals surface area contributed by atoms with Gasteiger partial charge in [0.15, 0.2) is 0 Å². The Kier molecular flexibility index (Phi) is 1.97. The van der Waals surface area contributed by atoms with Gasteiger partial charge in [-0.2, -0.15) is 0 Å². The summed E-state index contributed by atoms with van der Waals surface area (Å²) < 4.78 is 25.7. The third kappa shape index (κ3) is 1.23. The largest absolute Gasteiger partial charge is 0.479 e. The first-order valence-electron chi connectivity index (χ1n) is 3.21. The molecule has 0 aliphatic heterocycles. The molecule has 0 spiro atoms. The van der Waals surface area contributed by atoms with E-state index in [-0.39, 0.29) is 0 Å². The number of carboxylic acid groups (broad SMARTS) is 1. The van der Waals surface area contributed by atoms with Gasteiger partial charge >= 0.3 is 5.97 Å². The molecule has 0 heterocycles. The second-order valence-corrected chi connectivity index (χ2v) is 2.49. The summed E-state index contributed by atoms with van der Waals surface area (Å²) in [6, 6.07) is -1.34. The van der Waals surface area contributed by atoms with Crippen molar-refractivity contribution in [3.8, 4) is 0 Å². The van der Waals surface area contributed by atoms with Gasteiger partial charge in [0.25, 0.3) is 0 Å². The molecule has 12 heavy (non-hydrogen) atoms. The van der Waals surface area contributed by atoms with Gasteiger partial charge in [-0.1, -0.05) is 6.08 Å². The number of aliphatic carboxylic acids is 1. The molecule has 0 aromatic rings. The molecule has 5 heteroatoms. The second-order valence-electron chi connectivity index (χ2n) is 2.49. The number of carbonyl (C=O) groups is 1. The average Bonchev–Trinajstić information content (AvgIpc) is 1.97. The highest BCUT2D eigenvalue weighted by Gasteiger charge is 2.44. The molecule has 0 bridgehead atoms. The Morgan fingerprint density at radius 2 is 2.33 bits per heavy atom. The molecule has 1 rings (SSSR count). The maximum absolute atomic E-state index is 13.2. The summed E-state index contributed by atoms with van der Waals surface area (Å²) in [4.78, 5) is 10.3. The van der Waals surface area contributed by atoms with Crippen LogP contribution in [0.1, 0.15) is 0 Å². The lowest BCUT2D eigenvalue weighted by atomic mass is 9.92. The number of hydrogen-bond acceptors (Lipinski definition) is 2. The van der Waals surface area contributed by atoms with Crippen LogP contribution in [0.2, 0.25) is 0 Å². The summed E-state index contributed by atoms with van der Waals surface area (Å²) in [6.45, 7) is 0. The van der Waals surface area contributed by atoms with Crippen molar-refractivity contribution >= 4 is 5.97 Å². The Bertz CT molecular complexity index is 275. The van der Waals surface area contributed by atoms with E-state index in [2.05, 4.69) is 0 Å². The topological polar surface area (TPSA) is 63.3 Å². The molecule has 3 N–H and O–H groups in total. The number of allylic oxidation sites excluding steroid dienone is 2. The standard InChI is InChI=1S/C7H7F2NO2/c8-4-1-2-5(10)7(9,3-4)6(11)12/h1-3,5H,10H2,(H,11,12). The van der Waals surface area contributed by atoms with E-state index in [1.165, 1.54) is 0 Å². The fourth-order valence-electron chi connectivity index (χ4n) is 0.885. The molecule has 0 amide bonds. The van der Waals surface area contributed by atoms with Crippen molar-refractivity contribution in [2.75, 3.05) is 0 Å². The zero-order valence-corrected chi connectivity index (χ0v) is 6.00. The van der Waals surface area contributed by atoms with E-state index in [9.17, 15) is 13.6 Å². The van der Waals surface area contributed by atoms with Gasteiger partial charge in [0.05, 0.1) is 6.04 Å². The Hall–Kier alpha value is -1.23. The molecule has 66 valence electrons. The molecule has 2 atom stereocenters. The lowest BCUT2D eigenvalue weighted by Gasteiger charge is -2.23. The van der Waals surface area contributed by atoms with Crippen LogP contribution in [0.25, 0.3) is 0 Å². The van der Waals surface area contributed by atoms with Gasteiger partial charge in [-0.25, -0.2) is 13.6 Å². The average molecular weight is 175 g/mol. The van der Waals surface area contributed by atoms with Crippen LogP contribution in [0.4, 0.5) is 8.78 Å². The molecule has 0 aromatic heterocycles. The van der Waals surface area contributed by atoms with Crippen LogP contribution in [0.5, 0.6) is 0 Å². The molecule has 3 nitrogen and oxygen atoms in total. The zero-order valence-electron chi connectivity index (χ0n) is 6.00. The van der Waals surface area contributed by atoms with Gasteiger partial charge in [-0.3, -0.25) is 0 Å². The van der Waals surface area contributed by atoms with Gasteiger partial charge in [-0.05, 0) is 6.08 Å². The molecular weight excluding hydrogens is 168 g/mol. The van der Waals surface area contributed by atoms with Crippen LogP contribution in [0.15, 0.2) is 24.1 Å². The monoisotopic (exact) mass is 175 g/mol. The highest BCUT2D eigenvalue weighted by molar-refractivity contribution is 5.82. The third-order valence-electron chi connectivity index (χ3n) is 1.62. The Balaban J connectivity index is 3.05. The van der Waals surface area contributed by atoms with Crippen LogP contribution in [0, 0.1) is 0 Å². The SMILES string of the molecule is NC1C=CC(F)=CC1(F)C(=O)O. The normalized spacial score (nSPS) is 34.6. The van der Waals surface area contributed by atoms with Crippen molar-refractivity contribution in [1.29, 1.82) is 0 Å². The summed E-state index contributed by atoms with van der Waals surface area (Å²) in [5.41, 5.74) is 2.30. The maximum atomic E-state index is 13.2. The second kappa shape index (κ2) is 2.67. The minimum absolute atomic E-state index is 0.361. The Morgan fingerprint density at radius 3 is 2.75 bits per heavy atom. The number of halogens is 2. The Labute approximate surface area is 67.2 Å². The van der Waals surface area contributed by atoms with Gasteiger partial charge in [-0.15, -0.1) is 0 Å². The summed E-state index contributed by atoms with van der Waals surface area (Å²) >= 11 is 0. The predicted octanol–water partition coefficient (Wildman–Crippen LogP) is 0.530. The smallest absolute Gasteiger partial charge is 0.347 e. The fraction of sp³-hybridized carbons (Fsp3) is 0.286. The zero-order chi connectivity index (χ0) is 9.35. The first kappa shape index (κ1) is 8.86. The summed E-state index contributed by atoms with van der Waals surface area (Å²) in [5.74, 6) is -2.71. The maximum Gasteiger partial charge on any atom is 0.347 e. The highest BCUT2D eigenvalue weighted by atomic mass is 19.1. The number of nitrogens with two attached hydrogens (primary N) is 1.